The Kier molecular flexibility index (Phi) is 3.83. The first-order chi connectivity index (χ1) is 13.9. The van der Waals surface area contributed by atoms with Gasteiger partial charge in [-0.3, -0.25) is 0 Å². The SMILES string of the molecule is Cc1cccn2nc(C3c4nc[nH]c4CCN3c3ncc(C(F)(F)F)cn3)cc12. The summed E-state index contributed by atoms with van der Waals surface area (Å²) in [5, 5.41) is 4.69. The molecular formula is C19H16F3N7. The van der Waals surface area contributed by atoms with E-state index in [1.54, 1.807) is 10.8 Å². The molecule has 4 aromatic rings. The Hall–Kier alpha value is -3.43. The van der Waals surface area contributed by atoms with Crippen LogP contribution in [-0.2, 0) is 12.6 Å². The number of rotatable bonds is 2. The number of hydrogen-bond donors (Lipinski definition) is 1. The highest BCUT2D eigenvalue weighted by Gasteiger charge is 2.36. The van der Waals surface area contributed by atoms with E-state index in [0.29, 0.717) is 13.0 Å². The highest BCUT2D eigenvalue weighted by atomic mass is 19.4. The van der Waals surface area contributed by atoms with E-state index >= 15 is 0 Å². The quantitative estimate of drug-likeness (QED) is 0.560. The molecule has 1 atom stereocenters. The number of hydrogen-bond acceptors (Lipinski definition) is 5. The summed E-state index contributed by atoms with van der Waals surface area (Å²) < 4.78 is 40.5. The summed E-state index contributed by atoms with van der Waals surface area (Å²) in [5.74, 6) is 0.213. The molecule has 0 bridgehead atoms. The summed E-state index contributed by atoms with van der Waals surface area (Å²) in [4.78, 5) is 17.4. The molecule has 1 N–H and O–H groups in total. The van der Waals surface area contributed by atoms with Gasteiger partial charge in [0, 0.05) is 37.3 Å². The monoisotopic (exact) mass is 399 g/mol. The summed E-state index contributed by atoms with van der Waals surface area (Å²) in [6.45, 7) is 2.52. The van der Waals surface area contributed by atoms with Crippen molar-refractivity contribution in [2.24, 2.45) is 0 Å². The Morgan fingerprint density at radius 3 is 2.69 bits per heavy atom. The molecule has 0 amide bonds. The van der Waals surface area contributed by atoms with Crippen LogP contribution in [0.1, 0.15) is 34.3 Å². The number of alkyl halides is 3. The van der Waals surface area contributed by atoms with Gasteiger partial charge in [-0.15, -0.1) is 0 Å². The molecule has 5 heterocycles. The molecule has 0 spiro atoms. The number of halogens is 3. The highest BCUT2D eigenvalue weighted by Crippen LogP contribution is 2.36. The van der Waals surface area contributed by atoms with Gasteiger partial charge in [0.05, 0.1) is 28.8 Å². The van der Waals surface area contributed by atoms with Gasteiger partial charge in [0.15, 0.2) is 0 Å². The summed E-state index contributed by atoms with van der Waals surface area (Å²) in [6, 6.07) is 5.48. The zero-order chi connectivity index (χ0) is 20.2. The molecule has 0 fully saturated rings. The van der Waals surface area contributed by atoms with Crippen LogP contribution in [-0.4, -0.2) is 36.1 Å². The third kappa shape index (κ3) is 2.91. The van der Waals surface area contributed by atoms with Crippen LogP contribution in [0.15, 0.2) is 43.1 Å². The first-order valence-electron chi connectivity index (χ1n) is 9.05. The molecule has 29 heavy (non-hydrogen) atoms. The van der Waals surface area contributed by atoms with E-state index in [1.807, 2.05) is 36.2 Å². The molecule has 1 aliphatic rings. The number of aromatic amines is 1. The molecule has 0 saturated carbocycles. The number of aryl methyl sites for hydroxylation is 1. The van der Waals surface area contributed by atoms with Gasteiger partial charge in [-0.05, 0) is 24.6 Å². The third-order valence-corrected chi connectivity index (χ3v) is 5.16. The van der Waals surface area contributed by atoms with E-state index in [9.17, 15) is 13.2 Å². The lowest BCUT2D eigenvalue weighted by Crippen LogP contribution is -2.37. The average Bonchev–Trinajstić information content (AvgIpc) is 3.34. The van der Waals surface area contributed by atoms with Crippen LogP contribution >= 0.6 is 0 Å². The van der Waals surface area contributed by atoms with Crippen molar-refractivity contribution in [3.8, 4) is 0 Å². The number of nitrogens with zero attached hydrogens (tertiary/aromatic N) is 6. The lowest BCUT2D eigenvalue weighted by Gasteiger charge is -2.33. The molecule has 0 radical (unpaired) electrons. The van der Waals surface area contributed by atoms with Gasteiger partial charge in [0.1, 0.15) is 6.04 Å². The van der Waals surface area contributed by atoms with E-state index < -0.39 is 17.8 Å². The predicted molar refractivity (Wildman–Crippen MR) is 98.4 cm³/mol. The van der Waals surface area contributed by atoms with Gasteiger partial charge in [0.2, 0.25) is 5.95 Å². The molecule has 0 aromatic carbocycles. The van der Waals surface area contributed by atoms with E-state index in [2.05, 4.69) is 19.9 Å². The first-order valence-corrected chi connectivity index (χ1v) is 9.05. The molecular weight excluding hydrogens is 383 g/mol. The highest BCUT2D eigenvalue weighted by molar-refractivity contribution is 5.57. The topological polar surface area (TPSA) is 75.0 Å². The Morgan fingerprint density at radius 1 is 1.17 bits per heavy atom. The fourth-order valence-electron chi connectivity index (χ4n) is 3.72. The largest absolute Gasteiger partial charge is 0.419 e. The third-order valence-electron chi connectivity index (χ3n) is 5.16. The van der Waals surface area contributed by atoms with Crippen LogP contribution in [0.3, 0.4) is 0 Å². The van der Waals surface area contributed by atoms with Crippen molar-refractivity contribution in [1.29, 1.82) is 0 Å². The normalized spacial score (nSPS) is 17.0. The fourth-order valence-corrected chi connectivity index (χ4v) is 3.72. The van der Waals surface area contributed by atoms with Crippen LogP contribution in [0.4, 0.5) is 19.1 Å². The zero-order valence-electron chi connectivity index (χ0n) is 15.4. The number of anilines is 1. The number of H-pyrrole nitrogens is 1. The van der Waals surface area contributed by atoms with Crippen LogP contribution < -0.4 is 4.90 Å². The minimum absolute atomic E-state index is 0.213. The Labute approximate surface area is 163 Å². The van der Waals surface area contributed by atoms with Gasteiger partial charge in [-0.2, -0.15) is 18.3 Å². The standard InChI is InChI=1S/C19H16F3N7/c1-11-3-2-5-29-15(11)7-14(27-29)17-16-13(25-10-26-16)4-6-28(17)18-23-8-12(9-24-18)19(20,21)22/h2-3,5,7-10,17H,4,6H2,1H3,(H,25,26). The van der Waals surface area contributed by atoms with Gasteiger partial charge < -0.3 is 9.88 Å². The second kappa shape index (κ2) is 6.29. The average molecular weight is 399 g/mol. The van der Waals surface area contributed by atoms with E-state index in [4.69, 9.17) is 5.10 Å². The molecule has 7 nitrogen and oxygen atoms in total. The van der Waals surface area contributed by atoms with Crippen molar-refractivity contribution in [2.45, 2.75) is 25.6 Å². The van der Waals surface area contributed by atoms with Crippen LogP contribution in [0.2, 0.25) is 0 Å². The molecule has 148 valence electrons. The molecule has 0 aliphatic carbocycles. The van der Waals surface area contributed by atoms with Crippen molar-refractivity contribution in [2.75, 3.05) is 11.4 Å². The minimum Gasteiger partial charge on any atom is -0.348 e. The maximum absolute atomic E-state index is 12.9. The molecule has 1 aliphatic heterocycles. The van der Waals surface area contributed by atoms with Crippen LogP contribution in [0.5, 0.6) is 0 Å². The van der Waals surface area contributed by atoms with E-state index in [0.717, 1.165) is 40.6 Å². The molecule has 5 rings (SSSR count). The lowest BCUT2D eigenvalue weighted by atomic mass is 10.00. The Balaban J connectivity index is 1.61. The van der Waals surface area contributed by atoms with Crippen molar-refractivity contribution >= 4 is 11.5 Å². The maximum Gasteiger partial charge on any atom is 0.419 e. The second-order valence-corrected chi connectivity index (χ2v) is 6.97. The number of fused-ring (bicyclic) bond motifs is 2. The van der Waals surface area contributed by atoms with Crippen molar-refractivity contribution in [3.05, 3.63) is 71.3 Å². The smallest absolute Gasteiger partial charge is 0.348 e. The summed E-state index contributed by atoms with van der Waals surface area (Å²) in [6.07, 6.45) is 1.28. The van der Waals surface area contributed by atoms with Gasteiger partial charge in [0.25, 0.3) is 0 Å². The fraction of sp³-hybridized carbons (Fsp3) is 0.263. The van der Waals surface area contributed by atoms with Crippen LogP contribution in [0.25, 0.3) is 5.52 Å². The van der Waals surface area contributed by atoms with Crippen molar-refractivity contribution in [3.63, 3.8) is 0 Å². The summed E-state index contributed by atoms with van der Waals surface area (Å²) >= 11 is 0. The van der Waals surface area contributed by atoms with Crippen LogP contribution in [0, 0.1) is 6.92 Å². The van der Waals surface area contributed by atoms with Gasteiger partial charge in [-0.25, -0.2) is 19.5 Å². The second-order valence-electron chi connectivity index (χ2n) is 6.97. The molecule has 10 heteroatoms. The number of aromatic nitrogens is 6. The van der Waals surface area contributed by atoms with E-state index in [-0.39, 0.29) is 5.95 Å². The zero-order valence-corrected chi connectivity index (χ0v) is 15.4. The molecule has 4 aromatic heterocycles. The Bertz CT molecular complexity index is 1180. The summed E-state index contributed by atoms with van der Waals surface area (Å²) in [7, 11) is 0. The van der Waals surface area contributed by atoms with E-state index in [1.165, 1.54) is 0 Å². The number of pyridine rings is 1. The Morgan fingerprint density at radius 2 is 1.97 bits per heavy atom. The predicted octanol–water partition coefficient (Wildman–Crippen LogP) is 3.33. The first kappa shape index (κ1) is 17.7. The van der Waals surface area contributed by atoms with Gasteiger partial charge >= 0.3 is 6.18 Å². The number of nitrogens with one attached hydrogen (secondary N) is 1. The van der Waals surface area contributed by atoms with Crippen molar-refractivity contribution < 1.29 is 13.2 Å². The van der Waals surface area contributed by atoms with Crippen molar-refractivity contribution in [1.82, 2.24) is 29.5 Å². The lowest BCUT2D eigenvalue weighted by molar-refractivity contribution is -0.138. The molecule has 1 unspecified atom stereocenters. The molecule has 0 saturated heterocycles. The maximum atomic E-state index is 12.9. The number of imidazole rings is 1. The van der Waals surface area contributed by atoms with Gasteiger partial charge in [-0.1, -0.05) is 6.07 Å². The minimum atomic E-state index is -4.48. The summed E-state index contributed by atoms with van der Waals surface area (Å²) in [5.41, 5.74) is 3.64.